The highest BCUT2D eigenvalue weighted by molar-refractivity contribution is 6.31. The smallest absolute Gasteiger partial charge is 0.0868 e. The monoisotopic (exact) mass is 290 g/mol. The fraction of sp³-hybridized carbons (Fsp3) is 0.400. The number of para-hydroxylation sites is 2. The molecular formula is C15H19ClN4. The van der Waals surface area contributed by atoms with Gasteiger partial charge in [-0.15, -0.1) is 0 Å². The minimum Gasteiger partial charge on any atom is -0.382 e. The van der Waals surface area contributed by atoms with Gasteiger partial charge in [-0.1, -0.05) is 30.7 Å². The van der Waals surface area contributed by atoms with Crippen molar-refractivity contribution < 1.29 is 0 Å². The molecule has 1 aromatic heterocycles. The molecule has 1 aliphatic rings. The van der Waals surface area contributed by atoms with Crippen LogP contribution in [-0.4, -0.2) is 22.9 Å². The van der Waals surface area contributed by atoms with Gasteiger partial charge in [-0.05, 0) is 18.6 Å². The molecule has 0 fully saturated rings. The summed E-state index contributed by atoms with van der Waals surface area (Å²) >= 11 is 6.45. The zero-order valence-electron chi connectivity index (χ0n) is 11.9. The van der Waals surface area contributed by atoms with Crippen LogP contribution in [0.2, 0.25) is 5.02 Å². The van der Waals surface area contributed by atoms with Crippen LogP contribution in [0.4, 0.5) is 11.4 Å². The Hall–Kier alpha value is -1.68. The Bertz CT molecular complexity index is 620. The third-order valence-corrected chi connectivity index (χ3v) is 4.22. The molecule has 2 aromatic rings. The lowest BCUT2D eigenvalue weighted by atomic mass is 10.2. The molecule has 1 N–H and O–H groups in total. The fourth-order valence-electron chi connectivity index (χ4n) is 2.68. The summed E-state index contributed by atoms with van der Waals surface area (Å²) in [5, 5.41) is 8.73. The van der Waals surface area contributed by atoms with Crippen LogP contribution < -0.4 is 10.2 Å². The van der Waals surface area contributed by atoms with E-state index in [1.54, 1.807) is 0 Å². The van der Waals surface area contributed by atoms with E-state index in [0.717, 1.165) is 42.5 Å². The number of hydrogen-bond acceptors (Lipinski definition) is 3. The van der Waals surface area contributed by atoms with E-state index in [1.165, 1.54) is 11.4 Å². The van der Waals surface area contributed by atoms with E-state index in [9.17, 15) is 0 Å². The number of aryl methyl sites for hydroxylation is 2. The normalized spacial score (nSPS) is 14.1. The third kappa shape index (κ3) is 2.24. The van der Waals surface area contributed by atoms with Crippen LogP contribution >= 0.6 is 11.6 Å². The second-order valence-electron chi connectivity index (χ2n) is 5.05. The highest BCUT2D eigenvalue weighted by Gasteiger charge is 2.20. The standard InChI is InChI=1S/C15H19ClN4/c1-3-11-15(16)14(19(2)18-11)10-20-9-8-17-12-6-4-5-7-13(12)20/h4-7,17H,3,8-10H2,1-2H3. The quantitative estimate of drug-likeness (QED) is 0.943. The number of halogens is 1. The van der Waals surface area contributed by atoms with Crippen LogP contribution in [0, 0.1) is 0 Å². The molecule has 1 aliphatic heterocycles. The average Bonchev–Trinajstić information content (AvgIpc) is 2.75. The summed E-state index contributed by atoms with van der Waals surface area (Å²) in [6, 6.07) is 8.39. The first-order chi connectivity index (χ1) is 9.70. The summed E-state index contributed by atoms with van der Waals surface area (Å²) in [4.78, 5) is 2.36. The Morgan fingerprint density at radius 3 is 2.90 bits per heavy atom. The first-order valence-corrected chi connectivity index (χ1v) is 7.36. The average molecular weight is 291 g/mol. The summed E-state index contributed by atoms with van der Waals surface area (Å²) < 4.78 is 1.91. The number of rotatable bonds is 3. The lowest BCUT2D eigenvalue weighted by Crippen LogP contribution is -2.34. The van der Waals surface area contributed by atoms with E-state index in [0.29, 0.717) is 0 Å². The SMILES string of the molecule is CCc1nn(C)c(CN2CCNc3ccccc32)c1Cl. The van der Waals surface area contributed by atoms with Gasteiger partial charge in [0.1, 0.15) is 0 Å². The van der Waals surface area contributed by atoms with E-state index in [2.05, 4.69) is 46.5 Å². The zero-order valence-corrected chi connectivity index (χ0v) is 12.6. The van der Waals surface area contributed by atoms with Crippen molar-refractivity contribution in [3.63, 3.8) is 0 Å². The molecule has 0 atom stereocenters. The first kappa shape index (κ1) is 13.3. The van der Waals surface area contributed by atoms with Crippen LogP contribution in [0.3, 0.4) is 0 Å². The molecule has 0 unspecified atom stereocenters. The van der Waals surface area contributed by atoms with Crippen molar-refractivity contribution in [3.8, 4) is 0 Å². The predicted molar refractivity (Wildman–Crippen MR) is 83.6 cm³/mol. The van der Waals surface area contributed by atoms with Gasteiger partial charge in [-0.25, -0.2) is 0 Å². The van der Waals surface area contributed by atoms with Crippen LogP contribution in [0.1, 0.15) is 18.3 Å². The number of benzene rings is 1. The lowest BCUT2D eigenvalue weighted by molar-refractivity contribution is 0.671. The van der Waals surface area contributed by atoms with Gasteiger partial charge in [-0.3, -0.25) is 4.68 Å². The van der Waals surface area contributed by atoms with Crippen LogP contribution in [0.5, 0.6) is 0 Å². The van der Waals surface area contributed by atoms with Crippen molar-refractivity contribution in [3.05, 3.63) is 40.7 Å². The highest BCUT2D eigenvalue weighted by atomic mass is 35.5. The Kier molecular flexibility index (Phi) is 3.57. The summed E-state index contributed by atoms with van der Waals surface area (Å²) in [6.07, 6.45) is 0.866. The number of fused-ring (bicyclic) bond motifs is 1. The van der Waals surface area contributed by atoms with Gasteiger partial charge < -0.3 is 10.2 Å². The number of anilines is 2. The molecular weight excluding hydrogens is 272 g/mol. The van der Waals surface area contributed by atoms with E-state index in [4.69, 9.17) is 11.6 Å². The number of nitrogens with one attached hydrogen (secondary N) is 1. The van der Waals surface area contributed by atoms with Crippen molar-refractivity contribution in [1.29, 1.82) is 0 Å². The molecule has 0 saturated carbocycles. The molecule has 0 bridgehead atoms. The van der Waals surface area contributed by atoms with Gasteiger partial charge in [-0.2, -0.15) is 5.10 Å². The number of nitrogens with zero attached hydrogens (tertiary/aromatic N) is 3. The molecule has 106 valence electrons. The maximum Gasteiger partial charge on any atom is 0.0868 e. The number of aromatic nitrogens is 2. The largest absolute Gasteiger partial charge is 0.382 e. The van der Waals surface area contributed by atoms with Crippen molar-refractivity contribution in [2.24, 2.45) is 7.05 Å². The molecule has 2 heterocycles. The summed E-state index contributed by atoms with van der Waals surface area (Å²) in [5.41, 5.74) is 4.48. The topological polar surface area (TPSA) is 33.1 Å². The zero-order chi connectivity index (χ0) is 14.1. The minimum atomic E-state index is 0.793. The number of hydrogen-bond donors (Lipinski definition) is 1. The minimum absolute atomic E-state index is 0.793. The van der Waals surface area contributed by atoms with Crippen LogP contribution in [0.25, 0.3) is 0 Å². The molecule has 0 saturated heterocycles. The second-order valence-corrected chi connectivity index (χ2v) is 5.43. The molecule has 0 amide bonds. The maximum atomic E-state index is 6.45. The Morgan fingerprint density at radius 2 is 2.15 bits per heavy atom. The molecule has 0 spiro atoms. The fourth-order valence-corrected chi connectivity index (χ4v) is 3.03. The summed E-state index contributed by atoms with van der Waals surface area (Å²) in [7, 11) is 1.97. The Morgan fingerprint density at radius 1 is 1.35 bits per heavy atom. The van der Waals surface area contributed by atoms with Crippen LogP contribution in [0.15, 0.2) is 24.3 Å². The summed E-state index contributed by atoms with van der Waals surface area (Å²) in [5.74, 6) is 0. The molecule has 5 heteroatoms. The lowest BCUT2D eigenvalue weighted by Gasteiger charge is -2.32. The van der Waals surface area contributed by atoms with Gasteiger partial charge in [0.25, 0.3) is 0 Å². The van der Waals surface area contributed by atoms with E-state index < -0.39 is 0 Å². The van der Waals surface area contributed by atoms with Gasteiger partial charge in [0, 0.05) is 20.1 Å². The van der Waals surface area contributed by atoms with E-state index >= 15 is 0 Å². The summed E-state index contributed by atoms with van der Waals surface area (Å²) in [6.45, 7) is 4.80. The van der Waals surface area contributed by atoms with Crippen molar-refractivity contribution in [1.82, 2.24) is 9.78 Å². The Labute approximate surface area is 124 Å². The highest BCUT2D eigenvalue weighted by Crippen LogP contribution is 2.31. The molecule has 3 rings (SSSR count). The maximum absolute atomic E-state index is 6.45. The van der Waals surface area contributed by atoms with Crippen molar-refractivity contribution >= 4 is 23.0 Å². The molecule has 1 aromatic carbocycles. The third-order valence-electron chi connectivity index (χ3n) is 3.79. The molecule has 0 aliphatic carbocycles. The van der Waals surface area contributed by atoms with Gasteiger partial charge in [0.05, 0.1) is 34.3 Å². The Balaban J connectivity index is 1.91. The molecule has 20 heavy (non-hydrogen) atoms. The first-order valence-electron chi connectivity index (χ1n) is 6.98. The molecule has 4 nitrogen and oxygen atoms in total. The van der Waals surface area contributed by atoms with Gasteiger partial charge >= 0.3 is 0 Å². The van der Waals surface area contributed by atoms with Crippen molar-refractivity contribution in [2.75, 3.05) is 23.3 Å². The van der Waals surface area contributed by atoms with E-state index in [-0.39, 0.29) is 0 Å². The van der Waals surface area contributed by atoms with Crippen molar-refractivity contribution in [2.45, 2.75) is 19.9 Å². The van der Waals surface area contributed by atoms with E-state index in [1.807, 2.05) is 11.7 Å². The second kappa shape index (κ2) is 5.37. The van der Waals surface area contributed by atoms with Gasteiger partial charge in [0.15, 0.2) is 0 Å². The predicted octanol–water partition coefficient (Wildman–Crippen LogP) is 3.07. The van der Waals surface area contributed by atoms with Crippen LogP contribution in [-0.2, 0) is 20.0 Å². The van der Waals surface area contributed by atoms with Gasteiger partial charge in [0.2, 0.25) is 0 Å². The molecule has 0 radical (unpaired) electrons.